The monoisotopic (exact) mass is 341 g/mol. The Hall–Kier alpha value is -1.06. The van der Waals surface area contributed by atoms with E-state index in [-0.39, 0.29) is 5.82 Å². The lowest BCUT2D eigenvalue weighted by Crippen LogP contribution is -2.00. The molecule has 2 aromatic carbocycles. The first-order valence-corrected chi connectivity index (χ1v) is 7.34. The molecule has 0 atom stereocenters. The Morgan fingerprint density at radius 2 is 1.84 bits per heavy atom. The van der Waals surface area contributed by atoms with Gasteiger partial charge in [0.2, 0.25) is 0 Å². The summed E-state index contributed by atoms with van der Waals surface area (Å²) in [6, 6.07) is 12.9. The number of benzene rings is 2. The molecule has 2 rings (SSSR count). The molecule has 19 heavy (non-hydrogen) atoms. The Kier molecular flexibility index (Phi) is 5.23. The average molecular weight is 343 g/mol. The van der Waals surface area contributed by atoms with Crippen LogP contribution in [0.5, 0.6) is 0 Å². The summed E-state index contributed by atoms with van der Waals surface area (Å²) in [5.41, 5.74) is 3.28. The van der Waals surface area contributed by atoms with Crippen LogP contribution in [0.25, 0.3) is 0 Å². The van der Waals surface area contributed by atoms with E-state index in [9.17, 15) is 4.39 Å². The van der Waals surface area contributed by atoms with E-state index < -0.39 is 0 Å². The highest BCUT2D eigenvalue weighted by Gasteiger charge is 2.01. The molecular formula is C15H14BrClFN. The second-order valence-electron chi connectivity index (χ2n) is 4.23. The predicted molar refractivity (Wildman–Crippen MR) is 82.3 cm³/mol. The van der Waals surface area contributed by atoms with Gasteiger partial charge < -0.3 is 5.32 Å². The molecule has 4 heteroatoms. The van der Waals surface area contributed by atoms with E-state index in [0.717, 1.165) is 22.1 Å². The number of halogens is 3. The molecule has 0 heterocycles. The summed E-state index contributed by atoms with van der Waals surface area (Å²) in [5, 5.41) is 3.31. The third-order valence-electron chi connectivity index (χ3n) is 2.84. The first-order chi connectivity index (χ1) is 9.19. The minimum absolute atomic E-state index is 0.235. The normalized spacial score (nSPS) is 10.5. The van der Waals surface area contributed by atoms with Gasteiger partial charge in [0.25, 0.3) is 0 Å². The zero-order chi connectivity index (χ0) is 13.7. The molecule has 0 saturated heterocycles. The lowest BCUT2D eigenvalue weighted by molar-refractivity contribution is 0.626. The SMILES string of the molecule is Fc1ccc(CNc2ccc(CCCl)cc2)c(Br)c1. The van der Waals surface area contributed by atoms with Crippen LogP contribution in [-0.4, -0.2) is 5.88 Å². The van der Waals surface area contributed by atoms with Crippen LogP contribution in [0.2, 0.25) is 0 Å². The predicted octanol–water partition coefficient (Wildman–Crippen LogP) is 4.98. The number of hydrogen-bond donors (Lipinski definition) is 1. The molecule has 0 saturated carbocycles. The number of rotatable bonds is 5. The number of aryl methyl sites for hydroxylation is 1. The van der Waals surface area contributed by atoms with Gasteiger partial charge in [-0.25, -0.2) is 4.39 Å². The van der Waals surface area contributed by atoms with E-state index in [1.807, 2.05) is 12.1 Å². The Balaban J connectivity index is 1.98. The van der Waals surface area contributed by atoms with Gasteiger partial charge in [0, 0.05) is 22.6 Å². The summed E-state index contributed by atoms with van der Waals surface area (Å²) < 4.78 is 13.7. The van der Waals surface area contributed by atoms with Crippen LogP contribution in [0.3, 0.4) is 0 Å². The van der Waals surface area contributed by atoms with Crippen LogP contribution in [0.1, 0.15) is 11.1 Å². The quantitative estimate of drug-likeness (QED) is 0.756. The third kappa shape index (κ3) is 4.22. The molecule has 0 aliphatic heterocycles. The van der Waals surface area contributed by atoms with Gasteiger partial charge in [0.15, 0.2) is 0 Å². The van der Waals surface area contributed by atoms with E-state index in [4.69, 9.17) is 11.6 Å². The largest absolute Gasteiger partial charge is 0.381 e. The van der Waals surface area contributed by atoms with Crippen LogP contribution in [0.4, 0.5) is 10.1 Å². The molecule has 0 aliphatic rings. The maximum absolute atomic E-state index is 13.0. The Bertz CT molecular complexity index is 542. The van der Waals surface area contributed by atoms with Crippen molar-refractivity contribution in [3.63, 3.8) is 0 Å². The Labute approximate surface area is 125 Å². The van der Waals surface area contributed by atoms with Gasteiger partial charge in [-0.2, -0.15) is 0 Å². The van der Waals surface area contributed by atoms with Crippen molar-refractivity contribution in [1.82, 2.24) is 0 Å². The number of hydrogen-bond acceptors (Lipinski definition) is 1. The fraction of sp³-hybridized carbons (Fsp3) is 0.200. The molecule has 2 aromatic rings. The summed E-state index contributed by atoms with van der Waals surface area (Å²) in [4.78, 5) is 0. The molecule has 1 N–H and O–H groups in total. The van der Waals surface area contributed by atoms with Crippen molar-refractivity contribution in [3.8, 4) is 0 Å². The van der Waals surface area contributed by atoms with Crippen molar-refractivity contribution in [2.24, 2.45) is 0 Å². The summed E-state index contributed by atoms with van der Waals surface area (Å²) in [6.07, 6.45) is 0.880. The fourth-order valence-electron chi connectivity index (χ4n) is 1.76. The van der Waals surface area contributed by atoms with Gasteiger partial charge in [0.1, 0.15) is 5.82 Å². The Morgan fingerprint density at radius 1 is 1.11 bits per heavy atom. The summed E-state index contributed by atoms with van der Waals surface area (Å²) in [6.45, 7) is 0.649. The van der Waals surface area contributed by atoms with Crippen LogP contribution in [0.15, 0.2) is 46.9 Å². The molecule has 0 aliphatic carbocycles. The van der Waals surface area contributed by atoms with E-state index in [2.05, 4.69) is 33.4 Å². The van der Waals surface area contributed by atoms with Crippen molar-refractivity contribution >= 4 is 33.2 Å². The van der Waals surface area contributed by atoms with Crippen molar-refractivity contribution in [3.05, 3.63) is 63.9 Å². The second kappa shape index (κ2) is 6.92. The zero-order valence-corrected chi connectivity index (χ0v) is 12.6. The maximum Gasteiger partial charge on any atom is 0.124 e. The summed E-state index contributed by atoms with van der Waals surface area (Å²) in [7, 11) is 0. The molecule has 0 fully saturated rings. The van der Waals surface area contributed by atoms with Crippen LogP contribution < -0.4 is 5.32 Å². The second-order valence-corrected chi connectivity index (χ2v) is 5.46. The van der Waals surface area contributed by atoms with Gasteiger partial charge in [0.05, 0.1) is 0 Å². The number of nitrogens with one attached hydrogen (secondary N) is 1. The topological polar surface area (TPSA) is 12.0 Å². The van der Waals surface area contributed by atoms with Gasteiger partial charge >= 0.3 is 0 Å². The van der Waals surface area contributed by atoms with Crippen molar-refractivity contribution in [2.75, 3.05) is 11.2 Å². The molecule has 0 aromatic heterocycles. The Morgan fingerprint density at radius 3 is 2.47 bits per heavy atom. The van der Waals surface area contributed by atoms with Crippen molar-refractivity contribution < 1.29 is 4.39 Å². The molecule has 0 radical (unpaired) electrons. The standard InChI is InChI=1S/C15H14BrClFN/c16-15-9-13(18)4-3-12(15)10-19-14-5-1-11(2-6-14)7-8-17/h1-6,9,19H,7-8,10H2. The average Bonchev–Trinajstić information content (AvgIpc) is 2.40. The van der Waals surface area contributed by atoms with E-state index in [0.29, 0.717) is 12.4 Å². The lowest BCUT2D eigenvalue weighted by Gasteiger charge is -2.09. The highest BCUT2D eigenvalue weighted by Crippen LogP contribution is 2.19. The fourth-order valence-corrected chi connectivity index (χ4v) is 2.47. The zero-order valence-electron chi connectivity index (χ0n) is 10.3. The highest BCUT2D eigenvalue weighted by molar-refractivity contribution is 9.10. The van der Waals surface area contributed by atoms with Crippen molar-refractivity contribution in [2.45, 2.75) is 13.0 Å². The van der Waals surface area contributed by atoms with Crippen LogP contribution >= 0.6 is 27.5 Å². The van der Waals surface area contributed by atoms with Gasteiger partial charge in [-0.1, -0.05) is 34.1 Å². The summed E-state index contributed by atoms with van der Waals surface area (Å²) >= 11 is 9.05. The van der Waals surface area contributed by atoms with Gasteiger partial charge in [-0.3, -0.25) is 0 Å². The molecular weight excluding hydrogens is 329 g/mol. The summed E-state index contributed by atoms with van der Waals surface area (Å²) in [5.74, 6) is 0.399. The number of anilines is 1. The van der Waals surface area contributed by atoms with E-state index >= 15 is 0 Å². The van der Waals surface area contributed by atoms with Crippen molar-refractivity contribution in [1.29, 1.82) is 0 Å². The smallest absolute Gasteiger partial charge is 0.124 e. The number of alkyl halides is 1. The maximum atomic E-state index is 13.0. The molecule has 100 valence electrons. The minimum Gasteiger partial charge on any atom is -0.381 e. The molecule has 0 bridgehead atoms. The van der Waals surface area contributed by atoms with Crippen LogP contribution in [-0.2, 0) is 13.0 Å². The highest BCUT2D eigenvalue weighted by atomic mass is 79.9. The van der Waals surface area contributed by atoms with Gasteiger partial charge in [-0.05, 0) is 41.8 Å². The minimum atomic E-state index is -0.235. The third-order valence-corrected chi connectivity index (χ3v) is 3.76. The first kappa shape index (κ1) is 14.4. The van der Waals surface area contributed by atoms with E-state index in [1.165, 1.54) is 17.7 Å². The first-order valence-electron chi connectivity index (χ1n) is 6.02. The molecule has 0 unspecified atom stereocenters. The van der Waals surface area contributed by atoms with E-state index in [1.54, 1.807) is 6.07 Å². The lowest BCUT2D eigenvalue weighted by atomic mass is 10.1. The van der Waals surface area contributed by atoms with Crippen LogP contribution in [0, 0.1) is 5.82 Å². The molecule has 0 amide bonds. The molecule has 1 nitrogen and oxygen atoms in total. The van der Waals surface area contributed by atoms with Gasteiger partial charge in [-0.15, -0.1) is 11.6 Å². The molecule has 0 spiro atoms.